The van der Waals surface area contributed by atoms with Gasteiger partial charge in [-0.3, -0.25) is 0 Å². The smallest absolute Gasteiger partial charge is 0.0436 e. The molecule has 0 aliphatic heterocycles. The highest BCUT2D eigenvalue weighted by atomic mass is 32.2. The number of nitrogens with one attached hydrogen (secondary N) is 1. The van der Waals surface area contributed by atoms with Crippen molar-refractivity contribution in [3.63, 3.8) is 0 Å². The van der Waals surface area contributed by atoms with Crippen LogP contribution in [0, 0.1) is 5.41 Å². The summed E-state index contributed by atoms with van der Waals surface area (Å²) in [5, 5.41) is 12.4. The van der Waals surface area contributed by atoms with Crippen LogP contribution in [0.15, 0.2) is 29.2 Å². The molecule has 1 aromatic carbocycles. The zero-order valence-corrected chi connectivity index (χ0v) is 11.8. The van der Waals surface area contributed by atoms with Crippen LogP contribution in [0.4, 0.5) is 0 Å². The molecule has 2 nitrogen and oxygen atoms in total. The van der Waals surface area contributed by atoms with Crippen LogP contribution >= 0.6 is 11.8 Å². The molecule has 0 radical (unpaired) electrons. The monoisotopic (exact) mass is 253 g/mol. The topological polar surface area (TPSA) is 32.3 Å². The standard InChI is InChI=1S/C14H23NOS/c1-14(2,8-9-16)11-15-10-12-4-6-13(17-3)7-5-12/h4-7,15-16H,8-11H2,1-3H3. The Balaban J connectivity index is 2.35. The predicted octanol–water partition coefficient (Wildman–Crippen LogP) is 2.91. The van der Waals surface area contributed by atoms with E-state index >= 15 is 0 Å². The van der Waals surface area contributed by atoms with E-state index in [0.717, 1.165) is 19.5 Å². The van der Waals surface area contributed by atoms with E-state index in [0.29, 0.717) is 0 Å². The summed E-state index contributed by atoms with van der Waals surface area (Å²) in [5.74, 6) is 0. The molecular formula is C14H23NOS. The van der Waals surface area contributed by atoms with Crippen LogP contribution in [-0.4, -0.2) is 24.5 Å². The third-order valence-electron chi connectivity index (χ3n) is 2.88. The summed E-state index contributed by atoms with van der Waals surface area (Å²) in [6, 6.07) is 8.64. The Morgan fingerprint density at radius 3 is 2.41 bits per heavy atom. The van der Waals surface area contributed by atoms with E-state index in [1.807, 2.05) is 0 Å². The molecule has 96 valence electrons. The summed E-state index contributed by atoms with van der Waals surface area (Å²) in [5.41, 5.74) is 1.47. The molecule has 2 N–H and O–H groups in total. The van der Waals surface area contributed by atoms with Crippen LogP contribution in [0.3, 0.4) is 0 Å². The van der Waals surface area contributed by atoms with Gasteiger partial charge in [0.1, 0.15) is 0 Å². The lowest BCUT2D eigenvalue weighted by atomic mass is 9.90. The van der Waals surface area contributed by atoms with Crippen LogP contribution in [0.5, 0.6) is 0 Å². The minimum absolute atomic E-state index is 0.161. The van der Waals surface area contributed by atoms with Crippen molar-refractivity contribution >= 4 is 11.8 Å². The molecule has 0 spiro atoms. The lowest BCUT2D eigenvalue weighted by molar-refractivity contribution is 0.207. The van der Waals surface area contributed by atoms with Crippen LogP contribution in [0.1, 0.15) is 25.8 Å². The number of hydrogen-bond acceptors (Lipinski definition) is 3. The molecule has 0 saturated heterocycles. The van der Waals surface area contributed by atoms with Crippen molar-refractivity contribution in [1.82, 2.24) is 5.32 Å². The zero-order valence-electron chi connectivity index (χ0n) is 11.0. The molecule has 0 heterocycles. The fourth-order valence-electron chi connectivity index (χ4n) is 1.68. The van der Waals surface area contributed by atoms with Gasteiger partial charge in [-0.05, 0) is 35.8 Å². The van der Waals surface area contributed by atoms with E-state index in [-0.39, 0.29) is 12.0 Å². The van der Waals surface area contributed by atoms with Gasteiger partial charge < -0.3 is 10.4 Å². The van der Waals surface area contributed by atoms with Gasteiger partial charge in [-0.15, -0.1) is 11.8 Å². The Labute approximate surface area is 109 Å². The summed E-state index contributed by atoms with van der Waals surface area (Å²) in [7, 11) is 0. The quantitative estimate of drug-likeness (QED) is 0.733. The average Bonchev–Trinajstić information content (AvgIpc) is 2.29. The molecule has 0 unspecified atom stereocenters. The fraction of sp³-hybridized carbons (Fsp3) is 0.571. The summed E-state index contributed by atoms with van der Waals surface area (Å²) < 4.78 is 0. The summed E-state index contributed by atoms with van der Waals surface area (Å²) in [6.07, 6.45) is 2.93. The normalized spacial score (nSPS) is 11.8. The first-order valence-corrected chi connectivity index (χ1v) is 7.24. The third kappa shape index (κ3) is 5.57. The minimum Gasteiger partial charge on any atom is -0.396 e. The van der Waals surface area contributed by atoms with Crippen LogP contribution in [0.2, 0.25) is 0 Å². The maximum Gasteiger partial charge on any atom is 0.0436 e. The molecule has 1 rings (SSSR count). The van der Waals surface area contributed by atoms with E-state index in [1.165, 1.54) is 10.5 Å². The molecule has 0 aromatic heterocycles. The minimum atomic E-state index is 0.161. The third-order valence-corrected chi connectivity index (χ3v) is 3.62. The van der Waals surface area contributed by atoms with Crippen LogP contribution in [-0.2, 0) is 6.54 Å². The molecule has 0 amide bonds. The Hall–Kier alpha value is -0.510. The highest BCUT2D eigenvalue weighted by molar-refractivity contribution is 7.98. The molecule has 1 aromatic rings. The number of benzene rings is 1. The van der Waals surface area contributed by atoms with E-state index in [9.17, 15) is 0 Å². The molecule has 0 aliphatic carbocycles. The van der Waals surface area contributed by atoms with Crippen molar-refractivity contribution in [2.45, 2.75) is 31.7 Å². The molecular weight excluding hydrogens is 230 g/mol. The molecule has 0 atom stereocenters. The van der Waals surface area contributed by atoms with Crippen molar-refractivity contribution in [2.75, 3.05) is 19.4 Å². The van der Waals surface area contributed by atoms with Crippen molar-refractivity contribution < 1.29 is 5.11 Å². The lowest BCUT2D eigenvalue weighted by Crippen LogP contribution is -2.29. The Morgan fingerprint density at radius 1 is 1.24 bits per heavy atom. The van der Waals surface area contributed by atoms with Gasteiger partial charge in [0.2, 0.25) is 0 Å². The maximum absolute atomic E-state index is 8.95. The Bertz CT molecular complexity index is 321. The van der Waals surface area contributed by atoms with Gasteiger partial charge in [0.25, 0.3) is 0 Å². The molecule has 17 heavy (non-hydrogen) atoms. The number of rotatable bonds is 7. The van der Waals surface area contributed by atoms with Gasteiger partial charge in [0.05, 0.1) is 0 Å². The van der Waals surface area contributed by atoms with E-state index in [4.69, 9.17) is 5.11 Å². The van der Waals surface area contributed by atoms with Crippen molar-refractivity contribution in [3.8, 4) is 0 Å². The second-order valence-corrected chi connectivity index (χ2v) is 5.97. The number of hydrogen-bond donors (Lipinski definition) is 2. The van der Waals surface area contributed by atoms with E-state index in [2.05, 4.69) is 49.7 Å². The highest BCUT2D eigenvalue weighted by Crippen LogP contribution is 2.18. The van der Waals surface area contributed by atoms with Gasteiger partial charge in [0, 0.05) is 24.6 Å². The Morgan fingerprint density at radius 2 is 1.88 bits per heavy atom. The van der Waals surface area contributed by atoms with Crippen LogP contribution < -0.4 is 5.32 Å². The number of thioether (sulfide) groups is 1. The van der Waals surface area contributed by atoms with Gasteiger partial charge in [-0.2, -0.15) is 0 Å². The zero-order chi connectivity index (χ0) is 12.7. The SMILES string of the molecule is CSc1ccc(CNCC(C)(C)CCO)cc1. The lowest BCUT2D eigenvalue weighted by Gasteiger charge is -2.24. The Kier molecular flexibility index (Phi) is 6.03. The summed E-state index contributed by atoms with van der Waals surface area (Å²) in [6.45, 7) is 6.43. The summed E-state index contributed by atoms with van der Waals surface area (Å²) in [4.78, 5) is 1.30. The molecule has 0 saturated carbocycles. The molecule has 0 aliphatic rings. The second-order valence-electron chi connectivity index (χ2n) is 5.09. The molecule has 0 fully saturated rings. The molecule has 0 bridgehead atoms. The van der Waals surface area contributed by atoms with Gasteiger partial charge in [0.15, 0.2) is 0 Å². The largest absolute Gasteiger partial charge is 0.396 e. The van der Waals surface area contributed by atoms with Crippen molar-refractivity contribution in [2.24, 2.45) is 5.41 Å². The van der Waals surface area contributed by atoms with E-state index < -0.39 is 0 Å². The fourth-order valence-corrected chi connectivity index (χ4v) is 2.09. The van der Waals surface area contributed by atoms with Gasteiger partial charge in [-0.25, -0.2) is 0 Å². The number of aliphatic hydroxyl groups excluding tert-OH is 1. The summed E-state index contributed by atoms with van der Waals surface area (Å²) >= 11 is 1.76. The van der Waals surface area contributed by atoms with Gasteiger partial charge in [-0.1, -0.05) is 26.0 Å². The van der Waals surface area contributed by atoms with Crippen LogP contribution in [0.25, 0.3) is 0 Å². The number of aliphatic hydroxyl groups is 1. The maximum atomic E-state index is 8.95. The first-order valence-electron chi connectivity index (χ1n) is 6.02. The van der Waals surface area contributed by atoms with Gasteiger partial charge >= 0.3 is 0 Å². The predicted molar refractivity (Wildman–Crippen MR) is 75.4 cm³/mol. The highest BCUT2D eigenvalue weighted by Gasteiger charge is 2.15. The first kappa shape index (κ1) is 14.6. The van der Waals surface area contributed by atoms with E-state index in [1.54, 1.807) is 11.8 Å². The molecule has 3 heteroatoms. The van der Waals surface area contributed by atoms with Crippen molar-refractivity contribution in [1.29, 1.82) is 0 Å². The first-order chi connectivity index (χ1) is 8.07. The second kappa shape index (κ2) is 7.04. The average molecular weight is 253 g/mol. The van der Waals surface area contributed by atoms with Crippen molar-refractivity contribution in [3.05, 3.63) is 29.8 Å².